The second-order valence-electron chi connectivity index (χ2n) is 12.9. The molecule has 0 radical (unpaired) electrons. The summed E-state index contributed by atoms with van der Waals surface area (Å²) in [6, 6.07) is 15.5. The second kappa shape index (κ2) is 17.6. The number of benzene rings is 3. The molecule has 13 heteroatoms. The number of fused-ring (bicyclic) bond motifs is 2. The molecule has 0 spiro atoms. The third-order valence-corrected chi connectivity index (χ3v) is 10.4. The molecule has 2 aromatic heterocycles. The minimum atomic E-state index is -0.606. The number of hydrogen-bond donors (Lipinski definition) is 0. The molecule has 7 rings (SSSR count). The Morgan fingerprint density at radius 2 is 1.57 bits per heavy atom. The van der Waals surface area contributed by atoms with Gasteiger partial charge in [-0.3, -0.25) is 9.78 Å². The number of carbonyl (C=O) groups excluding carboxylic acids is 1. The van der Waals surface area contributed by atoms with E-state index in [1.165, 1.54) is 0 Å². The summed E-state index contributed by atoms with van der Waals surface area (Å²) in [5, 5.41) is 1.18. The number of ether oxygens (including phenoxy) is 5. The molecule has 11 nitrogen and oxygen atoms in total. The molecule has 1 amide bonds. The van der Waals surface area contributed by atoms with Gasteiger partial charge < -0.3 is 37.9 Å². The minimum absolute atomic E-state index is 0.0315. The van der Waals surface area contributed by atoms with E-state index in [4.69, 9.17) is 56.3 Å². The number of anilines is 1. The third kappa shape index (κ3) is 8.33. The summed E-state index contributed by atoms with van der Waals surface area (Å²) >= 11 is 12.8. The van der Waals surface area contributed by atoms with Gasteiger partial charge in [0.2, 0.25) is 0 Å². The van der Waals surface area contributed by atoms with E-state index in [1.54, 1.807) is 40.7 Å². The van der Waals surface area contributed by atoms with Crippen molar-refractivity contribution in [1.82, 2.24) is 14.9 Å². The van der Waals surface area contributed by atoms with Crippen LogP contribution in [0.4, 0.5) is 6.01 Å². The van der Waals surface area contributed by atoms with Crippen LogP contribution in [0.1, 0.15) is 60.4 Å². The number of halogens is 2. The fourth-order valence-corrected chi connectivity index (χ4v) is 7.68. The Bertz CT molecular complexity index is 2030. The number of hydrogen-bond acceptors (Lipinski definition) is 10. The van der Waals surface area contributed by atoms with Crippen LogP contribution in [0.15, 0.2) is 65.3 Å². The van der Waals surface area contributed by atoms with Crippen LogP contribution >= 0.6 is 23.2 Å². The lowest BCUT2D eigenvalue weighted by molar-refractivity contribution is -0.148. The average Bonchev–Trinajstić information content (AvgIpc) is 3.66. The summed E-state index contributed by atoms with van der Waals surface area (Å²) in [7, 11) is 6.51. The highest BCUT2D eigenvalue weighted by molar-refractivity contribution is 6.35. The first-order chi connectivity index (χ1) is 26.3. The number of pyridine rings is 1. The molecule has 54 heavy (non-hydrogen) atoms. The molecule has 0 N–H and O–H groups in total. The Labute approximate surface area is 326 Å². The molecule has 0 bridgehead atoms. The van der Waals surface area contributed by atoms with Crippen LogP contribution in [0.25, 0.3) is 11.1 Å². The van der Waals surface area contributed by atoms with Crippen molar-refractivity contribution in [3.05, 3.63) is 98.8 Å². The van der Waals surface area contributed by atoms with Crippen LogP contribution < -0.4 is 23.8 Å². The van der Waals surface area contributed by atoms with E-state index in [1.807, 2.05) is 72.3 Å². The molecule has 1 saturated heterocycles. The molecule has 2 unspecified atom stereocenters. The predicted octanol–water partition coefficient (Wildman–Crippen LogP) is 8.64. The smallest absolute Gasteiger partial charge is 0.299 e. The largest absolute Gasteiger partial charge is 0.497 e. The Morgan fingerprint density at radius 1 is 0.907 bits per heavy atom. The number of oxazole rings is 1. The molecule has 2 aliphatic heterocycles. The quantitative estimate of drug-likeness (QED) is 0.129. The molecule has 0 saturated carbocycles. The zero-order valence-corrected chi connectivity index (χ0v) is 33.0. The zero-order valence-electron chi connectivity index (χ0n) is 31.5. The fourth-order valence-electron chi connectivity index (χ4n) is 7.08. The van der Waals surface area contributed by atoms with Crippen LogP contribution in [-0.4, -0.2) is 68.5 Å². The van der Waals surface area contributed by atoms with E-state index < -0.39 is 6.10 Å². The van der Waals surface area contributed by atoms with Crippen molar-refractivity contribution in [2.24, 2.45) is 0 Å². The van der Waals surface area contributed by atoms with Gasteiger partial charge in [-0.15, -0.1) is 0 Å². The SMILES string of the molecule is CC.COc1ccc(CN(Cc2ccc(OC)cc2OC)c2nc3cncc(C4CCOC(C(=O)N5CCc6cc(Cl)cc(Cl)c6C5)C4)c3o2)c(OC)c1. The Morgan fingerprint density at radius 3 is 2.20 bits per heavy atom. The van der Waals surface area contributed by atoms with Gasteiger partial charge in [-0.2, -0.15) is 4.98 Å². The second-order valence-corrected chi connectivity index (χ2v) is 13.7. The van der Waals surface area contributed by atoms with Gasteiger partial charge in [-0.25, -0.2) is 0 Å². The molecule has 286 valence electrons. The number of methoxy groups -OCH3 is 4. The highest BCUT2D eigenvalue weighted by Crippen LogP contribution is 2.39. The lowest BCUT2D eigenvalue weighted by atomic mass is 9.88. The first-order valence-corrected chi connectivity index (χ1v) is 18.8. The van der Waals surface area contributed by atoms with Crippen molar-refractivity contribution in [2.75, 3.05) is 46.5 Å². The van der Waals surface area contributed by atoms with E-state index in [9.17, 15) is 4.79 Å². The number of carbonyl (C=O) groups is 1. The molecule has 0 aliphatic carbocycles. The van der Waals surface area contributed by atoms with Gasteiger partial charge >= 0.3 is 0 Å². The molecule has 4 heterocycles. The Balaban J connectivity index is 0.00000245. The average molecular weight is 778 g/mol. The van der Waals surface area contributed by atoms with Gasteiger partial charge in [0.05, 0.1) is 47.7 Å². The molecular weight excluding hydrogens is 731 g/mol. The molecule has 2 aliphatic rings. The summed E-state index contributed by atoms with van der Waals surface area (Å²) in [5.74, 6) is 2.64. The molecule has 5 aromatic rings. The van der Waals surface area contributed by atoms with E-state index >= 15 is 0 Å². The Hall–Kier alpha value is -4.71. The number of nitrogens with zero attached hydrogens (tertiary/aromatic N) is 4. The van der Waals surface area contributed by atoms with Crippen LogP contribution in [0, 0.1) is 0 Å². The van der Waals surface area contributed by atoms with Crippen molar-refractivity contribution >= 4 is 46.2 Å². The topological polar surface area (TPSA) is 109 Å². The summed E-state index contributed by atoms with van der Waals surface area (Å²) < 4.78 is 35.1. The van der Waals surface area contributed by atoms with Crippen molar-refractivity contribution in [3.63, 3.8) is 0 Å². The molecular formula is C41H46Cl2N4O7. The fraction of sp³-hybridized carbons (Fsp3) is 0.390. The van der Waals surface area contributed by atoms with Gasteiger partial charge in [0, 0.05) is 64.8 Å². The summed E-state index contributed by atoms with van der Waals surface area (Å²) in [4.78, 5) is 27.2. The van der Waals surface area contributed by atoms with Gasteiger partial charge in [0.25, 0.3) is 11.9 Å². The van der Waals surface area contributed by atoms with Crippen LogP contribution in [-0.2, 0) is 35.6 Å². The molecule has 3 aromatic carbocycles. The summed E-state index contributed by atoms with van der Waals surface area (Å²) in [6.07, 6.45) is 4.80. The van der Waals surface area contributed by atoms with Gasteiger partial charge in [0.15, 0.2) is 5.58 Å². The van der Waals surface area contributed by atoms with Crippen molar-refractivity contribution in [3.8, 4) is 23.0 Å². The van der Waals surface area contributed by atoms with Crippen molar-refractivity contribution in [2.45, 2.75) is 64.8 Å². The predicted molar refractivity (Wildman–Crippen MR) is 209 cm³/mol. The highest BCUT2D eigenvalue weighted by Gasteiger charge is 2.35. The third-order valence-electron chi connectivity index (χ3n) is 9.86. The first kappa shape index (κ1) is 39.0. The minimum Gasteiger partial charge on any atom is -0.497 e. The van der Waals surface area contributed by atoms with E-state index in [0.29, 0.717) is 102 Å². The standard InChI is InChI=1S/C39H40Cl2N4O7.C2H6/c1-47-28-7-5-25(34(16-28)49-3)20-45(21-26-6-8-29(48-2)17-35(26)50-4)39-43-33-19-42-18-30(37(33)52-39)24-10-12-51-36(14-24)38(46)44-11-9-23-13-27(40)15-32(41)31(23)22-44;1-2/h5-8,13,15-19,24,36H,9-12,14,20-22H2,1-4H3;1-2H3. The van der Waals surface area contributed by atoms with Crippen LogP contribution in [0.5, 0.6) is 23.0 Å². The monoisotopic (exact) mass is 776 g/mol. The van der Waals surface area contributed by atoms with Crippen molar-refractivity contribution in [1.29, 1.82) is 0 Å². The Kier molecular flexibility index (Phi) is 12.7. The molecule has 1 fully saturated rings. The lowest BCUT2D eigenvalue weighted by Gasteiger charge is -2.35. The van der Waals surface area contributed by atoms with Crippen LogP contribution in [0.2, 0.25) is 10.0 Å². The number of aromatic nitrogens is 2. The normalized spacial score (nSPS) is 16.6. The lowest BCUT2D eigenvalue weighted by Crippen LogP contribution is -2.45. The van der Waals surface area contributed by atoms with Gasteiger partial charge in [-0.1, -0.05) is 37.0 Å². The van der Waals surface area contributed by atoms with Gasteiger partial charge in [-0.05, 0) is 72.7 Å². The number of amides is 1. The van der Waals surface area contributed by atoms with Crippen molar-refractivity contribution < 1.29 is 32.9 Å². The highest BCUT2D eigenvalue weighted by atomic mass is 35.5. The maximum absolute atomic E-state index is 13.8. The zero-order chi connectivity index (χ0) is 38.4. The van der Waals surface area contributed by atoms with E-state index in [-0.39, 0.29) is 11.8 Å². The summed E-state index contributed by atoms with van der Waals surface area (Å²) in [6.45, 7) is 6.23. The van der Waals surface area contributed by atoms with Gasteiger partial charge in [0.1, 0.15) is 34.6 Å². The molecule has 2 atom stereocenters. The van der Waals surface area contributed by atoms with Crippen LogP contribution in [0.3, 0.4) is 0 Å². The summed E-state index contributed by atoms with van der Waals surface area (Å²) in [5.41, 5.74) is 5.98. The maximum atomic E-state index is 13.8. The van der Waals surface area contributed by atoms with E-state index in [0.717, 1.165) is 27.8 Å². The number of rotatable bonds is 11. The van der Waals surface area contributed by atoms with E-state index in [2.05, 4.69) is 4.98 Å². The maximum Gasteiger partial charge on any atom is 0.299 e. The first-order valence-electron chi connectivity index (χ1n) is 18.1.